The molecule has 1 amide bonds. The molecule has 5 nitrogen and oxygen atoms in total. The van der Waals surface area contributed by atoms with Crippen LogP contribution in [0, 0.1) is 5.82 Å². The van der Waals surface area contributed by atoms with Crippen LogP contribution in [0.4, 0.5) is 10.1 Å². The first kappa shape index (κ1) is 18.9. The summed E-state index contributed by atoms with van der Waals surface area (Å²) in [6.07, 6.45) is 1.31. The van der Waals surface area contributed by atoms with Crippen molar-refractivity contribution in [2.24, 2.45) is 0 Å². The van der Waals surface area contributed by atoms with E-state index in [0.717, 1.165) is 17.4 Å². The average Bonchev–Trinajstić information content (AvgIpc) is 2.54. The standard InChI is InChI=1S/C18H21FN2O3S/c1-13(15-6-8-16(19)9-7-15)20-18(22)12-14-4-10-17(11-5-14)21(2)25(3,23)24/h4-11,13H,12H2,1-3H3,(H,20,22). The minimum atomic E-state index is -3.31. The second-order valence-electron chi connectivity index (χ2n) is 5.91. The molecule has 1 atom stereocenters. The van der Waals surface area contributed by atoms with Crippen molar-refractivity contribution in [3.63, 3.8) is 0 Å². The highest BCUT2D eigenvalue weighted by molar-refractivity contribution is 7.92. The van der Waals surface area contributed by atoms with Crippen molar-refractivity contribution in [1.29, 1.82) is 0 Å². The van der Waals surface area contributed by atoms with E-state index >= 15 is 0 Å². The summed E-state index contributed by atoms with van der Waals surface area (Å²) in [5, 5.41) is 2.86. The third-order valence-corrected chi connectivity index (χ3v) is 5.12. The summed E-state index contributed by atoms with van der Waals surface area (Å²) >= 11 is 0. The second kappa shape index (κ2) is 7.65. The first-order valence-electron chi connectivity index (χ1n) is 7.74. The van der Waals surface area contributed by atoms with Gasteiger partial charge in [-0.3, -0.25) is 9.10 Å². The van der Waals surface area contributed by atoms with E-state index in [0.29, 0.717) is 5.69 Å². The Morgan fingerprint density at radius 2 is 1.68 bits per heavy atom. The Labute approximate surface area is 147 Å². The van der Waals surface area contributed by atoms with Gasteiger partial charge in [-0.1, -0.05) is 24.3 Å². The predicted octanol–water partition coefficient (Wildman–Crippen LogP) is 2.64. The van der Waals surface area contributed by atoms with E-state index in [1.807, 2.05) is 6.92 Å². The van der Waals surface area contributed by atoms with Gasteiger partial charge in [0.05, 0.1) is 24.4 Å². The van der Waals surface area contributed by atoms with Crippen LogP contribution >= 0.6 is 0 Å². The maximum Gasteiger partial charge on any atom is 0.231 e. The molecule has 7 heteroatoms. The number of anilines is 1. The normalized spacial score (nSPS) is 12.5. The fraction of sp³-hybridized carbons (Fsp3) is 0.278. The van der Waals surface area contributed by atoms with Gasteiger partial charge in [0.15, 0.2) is 0 Å². The number of rotatable bonds is 6. The number of nitrogens with one attached hydrogen (secondary N) is 1. The van der Waals surface area contributed by atoms with Crippen LogP contribution < -0.4 is 9.62 Å². The lowest BCUT2D eigenvalue weighted by molar-refractivity contribution is -0.121. The molecule has 0 saturated heterocycles. The van der Waals surface area contributed by atoms with Crippen molar-refractivity contribution in [3.8, 4) is 0 Å². The quantitative estimate of drug-likeness (QED) is 0.857. The highest BCUT2D eigenvalue weighted by Gasteiger charge is 2.13. The summed E-state index contributed by atoms with van der Waals surface area (Å²) in [5.74, 6) is -0.484. The lowest BCUT2D eigenvalue weighted by Gasteiger charge is -2.17. The Morgan fingerprint density at radius 1 is 1.12 bits per heavy atom. The van der Waals surface area contributed by atoms with Crippen molar-refractivity contribution >= 4 is 21.6 Å². The summed E-state index contributed by atoms with van der Waals surface area (Å²) < 4.78 is 37.1. The third-order valence-electron chi connectivity index (χ3n) is 3.91. The van der Waals surface area contributed by atoms with E-state index in [-0.39, 0.29) is 24.2 Å². The third kappa shape index (κ3) is 5.29. The number of sulfonamides is 1. The van der Waals surface area contributed by atoms with Crippen LogP contribution in [0.2, 0.25) is 0 Å². The molecule has 1 N–H and O–H groups in total. The SMILES string of the molecule is CC(NC(=O)Cc1ccc(N(C)S(C)(=O)=O)cc1)c1ccc(F)cc1. The molecular formula is C18H21FN2O3S. The lowest BCUT2D eigenvalue weighted by atomic mass is 10.1. The van der Waals surface area contributed by atoms with Gasteiger partial charge in [-0.05, 0) is 42.3 Å². The van der Waals surface area contributed by atoms with Crippen LogP contribution in [-0.4, -0.2) is 27.6 Å². The maximum atomic E-state index is 12.9. The number of nitrogens with zero attached hydrogens (tertiary/aromatic N) is 1. The van der Waals surface area contributed by atoms with Crippen LogP contribution in [0.15, 0.2) is 48.5 Å². The zero-order chi connectivity index (χ0) is 18.6. The van der Waals surface area contributed by atoms with Crippen LogP contribution in [0.1, 0.15) is 24.1 Å². The van der Waals surface area contributed by atoms with Gasteiger partial charge >= 0.3 is 0 Å². The molecular weight excluding hydrogens is 343 g/mol. The summed E-state index contributed by atoms with van der Waals surface area (Å²) in [6, 6.07) is 12.5. The number of amides is 1. The van der Waals surface area contributed by atoms with Crippen molar-refractivity contribution < 1.29 is 17.6 Å². The molecule has 0 aromatic heterocycles. The zero-order valence-electron chi connectivity index (χ0n) is 14.4. The number of hydrogen-bond donors (Lipinski definition) is 1. The Hall–Kier alpha value is -2.41. The van der Waals surface area contributed by atoms with E-state index < -0.39 is 10.0 Å². The molecule has 0 saturated carbocycles. The van der Waals surface area contributed by atoms with Gasteiger partial charge in [-0.2, -0.15) is 0 Å². The molecule has 0 spiro atoms. The van der Waals surface area contributed by atoms with Gasteiger partial charge in [0.25, 0.3) is 0 Å². The molecule has 0 aliphatic heterocycles. The van der Waals surface area contributed by atoms with Crippen LogP contribution in [0.5, 0.6) is 0 Å². The summed E-state index contributed by atoms with van der Waals surface area (Å²) in [4.78, 5) is 12.1. The van der Waals surface area contributed by atoms with Crippen molar-refractivity contribution in [3.05, 3.63) is 65.5 Å². The number of carbonyl (C=O) groups excluding carboxylic acids is 1. The Bertz CT molecular complexity index is 834. The van der Waals surface area contributed by atoms with Crippen molar-refractivity contribution in [1.82, 2.24) is 5.32 Å². The van der Waals surface area contributed by atoms with Crippen molar-refractivity contribution in [2.45, 2.75) is 19.4 Å². The molecule has 0 bridgehead atoms. The first-order valence-corrected chi connectivity index (χ1v) is 9.59. The molecule has 2 aromatic rings. The first-order chi connectivity index (χ1) is 11.7. The van der Waals surface area contributed by atoms with E-state index in [1.54, 1.807) is 36.4 Å². The fourth-order valence-electron chi connectivity index (χ4n) is 2.33. The smallest absolute Gasteiger partial charge is 0.231 e. The summed E-state index contributed by atoms with van der Waals surface area (Å²) in [7, 11) is -1.84. The highest BCUT2D eigenvalue weighted by atomic mass is 32.2. The van der Waals surface area contributed by atoms with Crippen LogP contribution in [0.25, 0.3) is 0 Å². The minimum Gasteiger partial charge on any atom is -0.349 e. The fourth-order valence-corrected chi connectivity index (χ4v) is 2.83. The molecule has 2 aromatic carbocycles. The summed E-state index contributed by atoms with van der Waals surface area (Å²) in [6.45, 7) is 1.83. The van der Waals surface area contributed by atoms with E-state index in [9.17, 15) is 17.6 Å². The Kier molecular flexibility index (Phi) is 5.79. The largest absolute Gasteiger partial charge is 0.349 e. The number of carbonyl (C=O) groups is 1. The number of hydrogen-bond acceptors (Lipinski definition) is 3. The van der Waals surface area contributed by atoms with E-state index in [4.69, 9.17) is 0 Å². The minimum absolute atomic E-state index is 0.166. The number of benzene rings is 2. The van der Waals surface area contributed by atoms with E-state index in [2.05, 4.69) is 5.32 Å². The molecule has 0 fully saturated rings. The topological polar surface area (TPSA) is 66.5 Å². The number of halogens is 1. The van der Waals surface area contributed by atoms with Gasteiger partial charge in [0, 0.05) is 7.05 Å². The van der Waals surface area contributed by atoms with Crippen LogP contribution in [-0.2, 0) is 21.2 Å². The van der Waals surface area contributed by atoms with Gasteiger partial charge in [0.2, 0.25) is 15.9 Å². The Balaban J connectivity index is 1.97. The maximum absolute atomic E-state index is 12.9. The molecule has 25 heavy (non-hydrogen) atoms. The van der Waals surface area contributed by atoms with Gasteiger partial charge in [-0.25, -0.2) is 12.8 Å². The average molecular weight is 364 g/mol. The predicted molar refractivity (Wildman–Crippen MR) is 96.4 cm³/mol. The van der Waals surface area contributed by atoms with E-state index in [1.165, 1.54) is 23.5 Å². The Morgan fingerprint density at radius 3 is 2.20 bits per heavy atom. The highest BCUT2D eigenvalue weighted by Crippen LogP contribution is 2.17. The summed E-state index contributed by atoms with van der Waals surface area (Å²) in [5.41, 5.74) is 2.13. The second-order valence-corrected chi connectivity index (χ2v) is 7.93. The molecule has 0 heterocycles. The van der Waals surface area contributed by atoms with Gasteiger partial charge < -0.3 is 5.32 Å². The van der Waals surface area contributed by atoms with Gasteiger partial charge in [0.1, 0.15) is 5.82 Å². The molecule has 134 valence electrons. The molecule has 2 rings (SSSR count). The van der Waals surface area contributed by atoms with Crippen molar-refractivity contribution in [2.75, 3.05) is 17.6 Å². The zero-order valence-corrected chi connectivity index (χ0v) is 15.2. The molecule has 1 unspecified atom stereocenters. The lowest BCUT2D eigenvalue weighted by Crippen LogP contribution is -2.28. The molecule has 0 radical (unpaired) electrons. The van der Waals surface area contributed by atoms with Crippen LogP contribution in [0.3, 0.4) is 0 Å². The molecule has 0 aliphatic carbocycles. The van der Waals surface area contributed by atoms with Gasteiger partial charge in [-0.15, -0.1) is 0 Å². The monoisotopic (exact) mass is 364 g/mol. The molecule has 0 aliphatic rings.